The molecule has 1 aromatic rings. The second-order valence-corrected chi connectivity index (χ2v) is 6.65. The summed E-state index contributed by atoms with van der Waals surface area (Å²) in [5.41, 5.74) is 5.72. The zero-order valence-electron chi connectivity index (χ0n) is 11.2. The number of amides is 2. The van der Waals surface area contributed by atoms with E-state index in [1.165, 1.54) is 4.88 Å². The zero-order chi connectivity index (χ0) is 13.3. The van der Waals surface area contributed by atoms with Crippen molar-refractivity contribution in [3.63, 3.8) is 0 Å². The largest absolute Gasteiger partial charge is 0.330 e. The molecule has 0 aliphatic carbocycles. The Morgan fingerprint density at radius 2 is 2.28 bits per heavy atom. The number of hydrogen-bond donors (Lipinski definition) is 1. The van der Waals surface area contributed by atoms with E-state index in [0.29, 0.717) is 13.1 Å². The lowest BCUT2D eigenvalue weighted by Crippen LogP contribution is -2.40. The highest BCUT2D eigenvalue weighted by Crippen LogP contribution is 2.32. The highest BCUT2D eigenvalue weighted by molar-refractivity contribution is 7.10. The van der Waals surface area contributed by atoms with Crippen molar-refractivity contribution < 1.29 is 4.79 Å². The van der Waals surface area contributed by atoms with E-state index >= 15 is 0 Å². The van der Waals surface area contributed by atoms with Crippen molar-refractivity contribution in [2.45, 2.75) is 19.9 Å². The second-order valence-electron chi connectivity index (χ2n) is 5.67. The third kappa shape index (κ3) is 2.52. The molecule has 0 aromatic carbocycles. The van der Waals surface area contributed by atoms with E-state index in [-0.39, 0.29) is 17.5 Å². The van der Waals surface area contributed by atoms with E-state index in [2.05, 4.69) is 25.3 Å². The maximum absolute atomic E-state index is 12.2. The van der Waals surface area contributed by atoms with Gasteiger partial charge in [0.1, 0.15) is 0 Å². The number of nitrogens with zero attached hydrogens (tertiary/aromatic N) is 2. The minimum atomic E-state index is -0.0269. The number of urea groups is 1. The number of likely N-dealkylation sites (N-methyl/N-ethyl adjacent to an activating group) is 1. The molecule has 2 rings (SSSR count). The van der Waals surface area contributed by atoms with Crippen molar-refractivity contribution in [2.75, 3.05) is 26.7 Å². The number of rotatable bonds is 4. The van der Waals surface area contributed by atoms with Crippen LogP contribution in [0.1, 0.15) is 24.8 Å². The van der Waals surface area contributed by atoms with Crippen LogP contribution >= 0.6 is 11.3 Å². The molecule has 2 heterocycles. The minimum absolute atomic E-state index is 0.0269. The highest BCUT2D eigenvalue weighted by Gasteiger charge is 2.38. The normalized spacial score (nSPS) is 20.9. The van der Waals surface area contributed by atoms with Gasteiger partial charge in [-0.15, -0.1) is 11.3 Å². The molecular weight excluding hydrogens is 246 g/mol. The van der Waals surface area contributed by atoms with Crippen molar-refractivity contribution in [3.05, 3.63) is 22.4 Å². The highest BCUT2D eigenvalue weighted by atomic mass is 32.1. The van der Waals surface area contributed by atoms with E-state index in [0.717, 1.165) is 6.54 Å². The molecule has 0 saturated carbocycles. The molecule has 0 radical (unpaired) electrons. The molecule has 0 bridgehead atoms. The Bertz CT molecular complexity index is 416. The van der Waals surface area contributed by atoms with Crippen molar-refractivity contribution in [3.8, 4) is 0 Å². The average Bonchev–Trinajstić information content (AvgIpc) is 2.93. The fourth-order valence-corrected chi connectivity index (χ4v) is 3.10. The summed E-state index contributed by atoms with van der Waals surface area (Å²) in [4.78, 5) is 17.2. The summed E-state index contributed by atoms with van der Waals surface area (Å²) in [6.07, 6.45) is 0. The van der Waals surface area contributed by atoms with Crippen LogP contribution in [-0.2, 0) is 0 Å². The number of thiophene rings is 1. The number of hydrogen-bond acceptors (Lipinski definition) is 3. The topological polar surface area (TPSA) is 49.6 Å². The predicted molar refractivity (Wildman–Crippen MR) is 74.6 cm³/mol. The quantitative estimate of drug-likeness (QED) is 0.908. The van der Waals surface area contributed by atoms with Crippen LogP contribution in [0.15, 0.2) is 17.5 Å². The first kappa shape index (κ1) is 13.4. The van der Waals surface area contributed by atoms with Crippen molar-refractivity contribution in [1.82, 2.24) is 9.80 Å². The van der Waals surface area contributed by atoms with Gasteiger partial charge in [0.25, 0.3) is 0 Å². The van der Waals surface area contributed by atoms with Gasteiger partial charge in [-0.3, -0.25) is 0 Å². The number of carbonyl (C=O) groups excluding carboxylic acids is 1. The van der Waals surface area contributed by atoms with Gasteiger partial charge in [-0.2, -0.15) is 0 Å². The van der Waals surface area contributed by atoms with Crippen LogP contribution in [0.4, 0.5) is 4.79 Å². The average molecular weight is 267 g/mol. The predicted octanol–water partition coefficient (Wildman–Crippen LogP) is 2.14. The van der Waals surface area contributed by atoms with E-state index in [1.807, 2.05) is 22.9 Å². The molecule has 2 N–H and O–H groups in total. The summed E-state index contributed by atoms with van der Waals surface area (Å²) in [6, 6.07) is 4.42. The lowest BCUT2D eigenvalue weighted by atomic mass is 9.93. The Morgan fingerprint density at radius 1 is 1.56 bits per heavy atom. The Morgan fingerprint density at radius 3 is 2.83 bits per heavy atom. The Kier molecular flexibility index (Phi) is 3.64. The van der Waals surface area contributed by atoms with Gasteiger partial charge in [-0.05, 0) is 23.4 Å². The molecule has 0 spiro atoms. The summed E-state index contributed by atoms with van der Waals surface area (Å²) in [7, 11) is 1.88. The van der Waals surface area contributed by atoms with E-state index in [9.17, 15) is 4.79 Å². The van der Waals surface area contributed by atoms with Crippen molar-refractivity contribution in [2.24, 2.45) is 11.1 Å². The fraction of sp³-hybridized carbons (Fsp3) is 0.615. The Hall–Kier alpha value is -1.07. The number of carbonyl (C=O) groups is 1. The fourth-order valence-electron chi connectivity index (χ4n) is 2.24. The molecule has 18 heavy (non-hydrogen) atoms. The van der Waals surface area contributed by atoms with Gasteiger partial charge in [-0.1, -0.05) is 19.9 Å². The first-order valence-corrected chi connectivity index (χ1v) is 7.08. The van der Waals surface area contributed by atoms with Gasteiger partial charge < -0.3 is 15.5 Å². The molecular formula is C13H21N3OS. The minimum Gasteiger partial charge on any atom is -0.330 e. The van der Waals surface area contributed by atoms with E-state index < -0.39 is 0 Å². The standard InChI is InChI=1S/C13H21N3OS/c1-13(2,8-14)9-16-7-10(15(3)12(16)17)11-5-4-6-18-11/h4-6,10H,7-9,14H2,1-3H3. The maximum atomic E-state index is 12.2. The molecule has 2 amide bonds. The molecule has 1 aliphatic rings. The van der Waals surface area contributed by atoms with Crippen molar-refractivity contribution >= 4 is 17.4 Å². The van der Waals surface area contributed by atoms with Gasteiger partial charge >= 0.3 is 6.03 Å². The van der Waals surface area contributed by atoms with E-state index in [4.69, 9.17) is 5.73 Å². The van der Waals surface area contributed by atoms with Crippen molar-refractivity contribution in [1.29, 1.82) is 0 Å². The molecule has 1 aromatic heterocycles. The zero-order valence-corrected chi connectivity index (χ0v) is 12.0. The summed E-state index contributed by atoms with van der Waals surface area (Å²) in [5.74, 6) is 0. The first-order valence-electron chi connectivity index (χ1n) is 6.20. The lowest BCUT2D eigenvalue weighted by Gasteiger charge is -2.28. The molecule has 5 heteroatoms. The van der Waals surface area contributed by atoms with Crippen LogP contribution in [0.5, 0.6) is 0 Å². The molecule has 1 unspecified atom stereocenters. The first-order chi connectivity index (χ1) is 8.44. The molecule has 1 saturated heterocycles. The second kappa shape index (κ2) is 4.90. The third-order valence-electron chi connectivity index (χ3n) is 3.48. The van der Waals surface area contributed by atoms with Gasteiger partial charge in [0.2, 0.25) is 0 Å². The molecule has 1 aliphatic heterocycles. The van der Waals surface area contributed by atoms with Crippen LogP contribution in [0.3, 0.4) is 0 Å². The molecule has 100 valence electrons. The van der Waals surface area contributed by atoms with Crippen LogP contribution in [0.25, 0.3) is 0 Å². The molecule has 1 fully saturated rings. The maximum Gasteiger partial charge on any atom is 0.320 e. The molecule has 4 nitrogen and oxygen atoms in total. The van der Waals surface area contributed by atoms with Crippen LogP contribution < -0.4 is 5.73 Å². The van der Waals surface area contributed by atoms with Crippen LogP contribution in [0.2, 0.25) is 0 Å². The summed E-state index contributed by atoms with van der Waals surface area (Å²) in [5, 5.41) is 2.06. The Balaban J connectivity index is 2.10. The van der Waals surface area contributed by atoms with Crippen LogP contribution in [-0.4, -0.2) is 42.5 Å². The summed E-state index contributed by atoms with van der Waals surface area (Å²) >= 11 is 1.71. The monoisotopic (exact) mass is 267 g/mol. The van der Waals surface area contributed by atoms with Gasteiger partial charge in [-0.25, -0.2) is 4.79 Å². The van der Waals surface area contributed by atoms with Gasteiger partial charge in [0, 0.05) is 25.0 Å². The van der Waals surface area contributed by atoms with E-state index in [1.54, 1.807) is 11.3 Å². The SMILES string of the molecule is CN1C(=O)N(CC(C)(C)CN)CC1c1cccs1. The summed E-state index contributed by atoms with van der Waals surface area (Å²) < 4.78 is 0. The third-order valence-corrected chi connectivity index (χ3v) is 4.45. The Labute approximate surface area is 112 Å². The van der Waals surface area contributed by atoms with Crippen LogP contribution in [0, 0.1) is 5.41 Å². The number of nitrogens with two attached hydrogens (primary N) is 1. The molecule has 1 atom stereocenters. The van der Waals surface area contributed by atoms with Gasteiger partial charge in [0.15, 0.2) is 0 Å². The smallest absolute Gasteiger partial charge is 0.320 e. The van der Waals surface area contributed by atoms with Gasteiger partial charge in [0.05, 0.1) is 6.04 Å². The summed E-state index contributed by atoms with van der Waals surface area (Å²) in [6.45, 7) is 6.26. The lowest BCUT2D eigenvalue weighted by molar-refractivity contribution is 0.177.